The number of carbonyl (C=O) groups excluding carboxylic acids is 2. The minimum Gasteiger partial charge on any atom is -0.508 e. The number of carbonyl (C=O) groups is 2. The second-order valence-electron chi connectivity index (χ2n) is 5.51. The molecule has 9 heteroatoms. The van der Waals surface area contributed by atoms with Crippen LogP contribution in [0.1, 0.15) is 20.7 Å². The number of rotatable bonds is 7. The second kappa shape index (κ2) is 8.34. The molecule has 2 rings (SSSR count). The van der Waals surface area contributed by atoms with Crippen LogP contribution in [0, 0.1) is 0 Å². The van der Waals surface area contributed by atoms with E-state index in [1.54, 1.807) is 12.1 Å². The number of nitrogens with one attached hydrogen (secondary N) is 3. The van der Waals surface area contributed by atoms with Crippen LogP contribution in [0.3, 0.4) is 0 Å². The standard InChI is InChI=1S/C17H19N3O5S/c1-26(24,25)20-14-7-5-12(6-8-14)16(22)18-9-10-19-17(23)13-3-2-4-15(21)11-13/h2-8,11,20-21H,9-10H2,1H3,(H,18,22)(H,19,23). The molecule has 0 aromatic heterocycles. The van der Waals surface area contributed by atoms with Gasteiger partial charge in [-0.1, -0.05) is 6.07 Å². The van der Waals surface area contributed by atoms with Gasteiger partial charge in [0.05, 0.1) is 6.26 Å². The lowest BCUT2D eigenvalue weighted by atomic mass is 10.2. The van der Waals surface area contributed by atoms with Gasteiger partial charge in [0.15, 0.2) is 0 Å². The Morgan fingerprint density at radius 1 is 0.923 bits per heavy atom. The highest BCUT2D eigenvalue weighted by Gasteiger charge is 2.08. The van der Waals surface area contributed by atoms with Crippen LogP contribution in [0.25, 0.3) is 0 Å². The predicted octanol–water partition coefficient (Wildman–Crippen LogP) is 0.923. The molecule has 4 N–H and O–H groups in total. The van der Waals surface area contributed by atoms with E-state index >= 15 is 0 Å². The fourth-order valence-electron chi connectivity index (χ4n) is 2.11. The average Bonchev–Trinajstić information content (AvgIpc) is 2.57. The van der Waals surface area contributed by atoms with E-state index in [-0.39, 0.29) is 30.7 Å². The van der Waals surface area contributed by atoms with E-state index in [0.29, 0.717) is 16.8 Å². The van der Waals surface area contributed by atoms with E-state index in [0.717, 1.165) is 6.26 Å². The van der Waals surface area contributed by atoms with E-state index in [9.17, 15) is 23.1 Å². The summed E-state index contributed by atoms with van der Waals surface area (Å²) in [4.78, 5) is 23.9. The first-order chi connectivity index (χ1) is 12.2. The fraction of sp³-hybridized carbons (Fsp3) is 0.176. The molecule has 2 aromatic carbocycles. The van der Waals surface area contributed by atoms with Gasteiger partial charge in [-0.15, -0.1) is 0 Å². The van der Waals surface area contributed by atoms with E-state index in [4.69, 9.17) is 0 Å². The minimum absolute atomic E-state index is 0.000220. The number of benzene rings is 2. The molecular formula is C17H19N3O5S. The normalized spacial score (nSPS) is 10.8. The summed E-state index contributed by atoms with van der Waals surface area (Å²) >= 11 is 0. The maximum Gasteiger partial charge on any atom is 0.251 e. The highest BCUT2D eigenvalue weighted by atomic mass is 32.2. The van der Waals surface area contributed by atoms with Gasteiger partial charge in [0.2, 0.25) is 10.0 Å². The van der Waals surface area contributed by atoms with Gasteiger partial charge >= 0.3 is 0 Å². The molecule has 0 spiro atoms. The average molecular weight is 377 g/mol. The van der Waals surface area contributed by atoms with Crippen molar-refractivity contribution >= 4 is 27.5 Å². The lowest BCUT2D eigenvalue weighted by molar-refractivity contribution is 0.0927. The summed E-state index contributed by atoms with van der Waals surface area (Å²) in [5.41, 5.74) is 1.05. The van der Waals surface area contributed by atoms with Gasteiger partial charge in [-0.05, 0) is 42.5 Å². The number of aromatic hydroxyl groups is 1. The highest BCUT2D eigenvalue weighted by molar-refractivity contribution is 7.92. The number of hydrogen-bond acceptors (Lipinski definition) is 5. The largest absolute Gasteiger partial charge is 0.508 e. The van der Waals surface area contributed by atoms with Crippen LogP contribution in [0.15, 0.2) is 48.5 Å². The monoisotopic (exact) mass is 377 g/mol. The van der Waals surface area contributed by atoms with Crippen LogP contribution in [0.2, 0.25) is 0 Å². The Balaban J connectivity index is 1.79. The van der Waals surface area contributed by atoms with Crippen molar-refractivity contribution in [2.24, 2.45) is 0 Å². The van der Waals surface area contributed by atoms with Crippen LogP contribution in [-0.4, -0.2) is 44.7 Å². The predicted molar refractivity (Wildman–Crippen MR) is 97.7 cm³/mol. The fourth-order valence-corrected chi connectivity index (χ4v) is 2.67. The summed E-state index contributed by atoms with van der Waals surface area (Å²) < 4.78 is 24.6. The van der Waals surface area contributed by atoms with Crippen molar-refractivity contribution in [1.29, 1.82) is 0 Å². The third kappa shape index (κ3) is 6.10. The van der Waals surface area contributed by atoms with Gasteiger partial charge in [0.1, 0.15) is 5.75 Å². The third-order valence-corrected chi connectivity index (χ3v) is 3.86. The maximum absolute atomic E-state index is 12.0. The summed E-state index contributed by atoms with van der Waals surface area (Å²) in [6.45, 7) is 0.431. The maximum atomic E-state index is 12.0. The SMILES string of the molecule is CS(=O)(=O)Nc1ccc(C(=O)NCCNC(=O)c2cccc(O)c2)cc1. The van der Waals surface area contributed by atoms with Crippen molar-refractivity contribution in [1.82, 2.24) is 10.6 Å². The van der Waals surface area contributed by atoms with Crippen LogP contribution in [0.4, 0.5) is 5.69 Å². The Hall–Kier alpha value is -3.07. The molecule has 138 valence electrons. The van der Waals surface area contributed by atoms with E-state index in [1.807, 2.05) is 0 Å². The first-order valence-corrected chi connectivity index (χ1v) is 9.57. The number of anilines is 1. The van der Waals surface area contributed by atoms with E-state index in [1.165, 1.54) is 36.4 Å². The van der Waals surface area contributed by atoms with Crippen LogP contribution < -0.4 is 15.4 Å². The summed E-state index contributed by atoms with van der Waals surface area (Å²) in [6, 6.07) is 11.9. The molecule has 0 unspecified atom stereocenters. The van der Waals surface area contributed by atoms with Crippen LogP contribution in [-0.2, 0) is 10.0 Å². The summed E-state index contributed by atoms with van der Waals surface area (Å²) in [5, 5.41) is 14.6. The van der Waals surface area contributed by atoms with Crippen molar-refractivity contribution in [2.75, 3.05) is 24.1 Å². The van der Waals surface area contributed by atoms with E-state index < -0.39 is 10.0 Å². The molecule has 0 saturated heterocycles. The van der Waals surface area contributed by atoms with Gasteiger partial charge < -0.3 is 15.7 Å². The molecule has 0 fully saturated rings. The Bertz CT molecular complexity index is 895. The zero-order valence-corrected chi connectivity index (χ0v) is 14.8. The second-order valence-corrected chi connectivity index (χ2v) is 7.26. The molecule has 0 bridgehead atoms. The minimum atomic E-state index is -3.37. The smallest absolute Gasteiger partial charge is 0.251 e. The first kappa shape index (κ1) is 19.3. The molecule has 2 aromatic rings. The lowest BCUT2D eigenvalue weighted by Gasteiger charge is -2.08. The molecule has 0 aliphatic rings. The van der Waals surface area contributed by atoms with Crippen molar-refractivity contribution in [3.05, 3.63) is 59.7 Å². The highest BCUT2D eigenvalue weighted by Crippen LogP contribution is 2.11. The number of hydrogen-bond donors (Lipinski definition) is 4. The number of phenols is 1. The molecule has 0 atom stereocenters. The Morgan fingerprint density at radius 2 is 1.50 bits per heavy atom. The zero-order valence-electron chi connectivity index (χ0n) is 14.0. The molecule has 8 nitrogen and oxygen atoms in total. The third-order valence-electron chi connectivity index (χ3n) is 3.25. The van der Waals surface area contributed by atoms with Gasteiger partial charge in [-0.25, -0.2) is 8.42 Å². The lowest BCUT2D eigenvalue weighted by Crippen LogP contribution is -2.34. The van der Waals surface area contributed by atoms with Crippen molar-refractivity contribution in [3.63, 3.8) is 0 Å². The molecular weight excluding hydrogens is 358 g/mol. The number of phenolic OH excluding ortho intramolecular Hbond substituents is 1. The topological polar surface area (TPSA) is 125 Å². The summed E-state index contributed by atoms with van der Waals surface area (Å²) in [5.74, 6) is -0.700. The van der Waals surface area contributed by atoms with Crippen LogP contribution in [0.5, 0.6) is 5.75 Å². The Kier molecular flexibility index (Phi) is 6.18. The van der Waals surface area contributed by atoms with Crippen molar-refractivity contribution in [2.45, 2.75) is 0 Å². The molecule has 26 heavy (non-hydrogen) atoms. The molecule has 0 aliphatic heterocycles. The van der Waals surface area contributed by atoms with Crippen LogP contribution >= 0.6 is 0 Å². The quantitative estimate of drug-likeness (QED) is 0.534. The summed E-state index contributed by atoms with van der Waals surface area (Å²) in [6.07, 6.45) is 1.04. The van der Waals surface area contributed by atoms with Gasteiger partial charge in [0, 0.05) is 29.9 Å². The molecule has 0 saturated carbocycles. The van der Waals surface area contributed by atoms with Crippen molar-refractivity contribution in [3.8, 4) is 5.75 Å². The molecule has 0 heterocycles. The molecule has 2 amide bonds. The number of amides is 2. The first-order valence-electron chi connectivity index (χ1n) is 7.68. The molecule has 0 radical (unpaired) electrons. The zero-order chi connectivity index (χ0) is 19.2. The van der Waals surface area contributed by atoms with Gasteiger partial charge in [0.25, 0.3) is 11.8 Å². The van der Waals surface area contributed by atoms with Gasteiger partial charge in [-0.3, -0.25) is 14.3 Å². The van der Waals surface area contributed by atoms with E-state index in [2.05, 4.69) is 15.4 Å². The Morgan fingerprint density at radius 3 is 2.04 bits per heavy atom. The van der Waals surface area contributed by atoms with Gasteiger partial charge in [-0.2, -0.15) is 0 Å². The molecule has 0 aliphatic carbocycles. The van der Waals surface area contributed by atoms with Crippen molar-refractivity contribution < 1.29 is 23.1 Å². The number of sulfonamides is 1. The summed E-state index contributed by atoms with van der Waals surface area (Å²) in [7, 11) is -3.37. The Labute approximate surface area is 151 Å².